The molecule has 14 rings (SSSR count). The van der Waals surface area contributed by atoms with Crippen molar-refractivity contribution in [3.63, 3.8) is 0 Å². The van der Waals surface area contributed by atoms with Crippen LogP contribution in [0.4, 0.5) is 34.1 Å². The molecule has 0 spiro atoms. The standard InChI is InChI=1S/C73H52N2/c1-49-29-37-57(38-30-49)74(71-45-53-19-9-11-23-61(53)63-25-13-15-27-67(63)71)59-41-43-65-66-44-42-60(75(58-39-31-50(2)32-40-58)72-46-54-20-10-12-24-62(54)64-26-14-16-28-68(64)72)48-70(66)73(69(65)47-59,55-21-7-4-8-22-55)56-35-33-52(34-36-56)51-17-5-3-6-18-51/h3-48H,1-2H3. The predicted octanol–water partition coefficient (Wildman–Crippen LogP) is 19.9. The largest absolute Gasteiger partial charge is 0.310 e. The number of nitrogens with zero attached hydrogens (tertiary/aromatic N) is 2. The Hall–Kier alpha value is -9.50. The predicted molar refractivity (Wildman–Crippen MR) is 318 cm³/mol. The molecule has 13 aromatic rings. The Balaban J connectivity index is 1.06. The van der Waals surface area contributed by atoms with E-state index in [-0.39, 0.29) is 0 Å². The van der Waals surface area contributed by atoms with Crippen molar-refractivity contribution in [2.75, 3.05) is 9.80 Å². The summed E-state index contributed by atoms with van der Waals surface area (Å²) in [5, 5.41) is 9.79. The fraction of sp³-hybridized carbons (Fsp3) is 0.0411. The maximum atomic E-state index is 2.51. The highest BCUT2D eigenvalue weighted by Gasteiger charge is 2.47. The molecule has 354 valence electrons. The van der Waals surface area contributed by atoms with E-state index in [0.717, 1.165) is 34.1 Å². The zero-order valence-electron chi connectivity index (χ0n) is 42.0. The number of benzene rings is 13. The zero-order valence-corrected chi connectivity index (χ0v) is 42.0. The van der Waals surface area contributed by atoms with Crippen molar-refractivity contribution in [2.45, 2.75) is 19.3 Å². The van der Waals surface area contributed by atoms with Gasteiger partial charge in [0.15, 0.2) is 0 Å². The van der Waals surface area contributed by atoms with Gasteiger partial charge < -0.3 is 9.80 Å². The molecular formula is C73H52N2. The summed E-state index contributed by atoms with van der Waals surface area (Å²) < 4.78 is 0. The minimum Gasteiger partial charge on any atom is -0.310 e. The zero-order chi connectivity index (χ0) is 50.0. The van der Waals surface area contributed by atoms with Gasteiger partial charge in [0.25, 0.3) is 0 Å². The molecule has 0 bridgehead atoms. The monoisotopic (exact) mass is 956 g/mol. The van der Waals surface area contributed by atoms with Crippen molar-refractivity contribution in [2.24, 2.45) is 0 Å². The molecule has 0 fully saturated rings. The van der Waals surface area contributed by atoms with Gasteiger partial charge in [0.2, 0.25) is 0 Å². The van der Waals surface area contributed by atoms with Crippen LogP contribution < -0.4 is 9.80 Å². The first-order valence-electron chi connectivity index (χ1n) is 26.1. The Morgan fingerprint density at radius 2 is 0.627 bits per heavy atom. The number of hydrogen-bond donors (Lipinski definition) is 0. The summed E-state index contributed by atoms with van der Waals surface area (Å²) in [6, 6.07) is 104. The second-order valence-corrected chi connectivity index (χ2v) is 20.2. The third kappa shape index (κ3) is 7.24. The molecule has 2 heteroatoms. The van der Waals surface area contributed by atoms with Crippen LogP contribution in [-0.2, 0) is 5.41 Å². The molecule has 0 amide bonds. The second-order valence-electron chi connectivity index (χ2n) is 20.2. The van der Waals surface area contributed by atoms with Gasteiger partial charge in [0, 0.05) is 33.5 Å². The van der Waals surface area contributed by atoms with Crippen LogP contribution in [0.1, 0.15) is 33.4 Å². The fourth-order valence-corrected chi connectivity index (χ4v) is 12.3. The quantitative estimate of drug-likeness (QED) is 0.133. The molecule has 75 heavy (non-hydrogen) atoms. The van der Waals surface area contributed by atoms with Crippen LogP contribution in [0, 0.1) is 13.8 Å². The molecule has 0 heterocycles. The van der Waals surface area contributed by atoms with Gasteiger partial charge in [-0.15, -0.1) is 0 Å². The van der Waals surface area contributed by atoms with E-state index in [9.17, 15) is 0 Å². The second kappa shape index (κ2) is 17.9. The first-order chi connectivity index (χ1) is 37.0. The minimum atomic E-state index is -0.734. The molecule has 2 nitrogen and oxygen atoms in total. The summed E-state index contributed by atoms with van der Waals surface area (Å²) in [6.45, 7) is 4.33. The summed E-state index contributed by atoms with van der Waals surface area (Å²) in [4.78, 5) is 4.97. The van der Waals surface area contributed by atoms with E-state index in [4.69, 9.17) is 0 Å². The lowest BCUT2D eigenvalue weighted by Crippen LogP contribution is -2.29. The van der Waals surface area contributed by atoms with Gasteiger partial charge in [0.05, 0.1) is 16.8 Å². The van der Waals surface area contributed by atoms with Crippen LogP contribution in [0.3, 0.4) is 0 Å². The normalized spacial score (nSPS) is 12.5. The van der Waals surface area contributed by atoms with Gasteiger partial charge in [-0.25, -0.2) is 0 Å². The van der Waals surface area contributed by atoms with Crippen LogP contribution in [0.25, 0.3) is 65.3 Å². The molecule has 0 radical (unpaired) electrons. The maximum Gasteiger partial charge on any atom is 0.0715 e. The molecule has 0 saturated heterocycles. The molecule has 0 N–H and O–H groups in total. The van der Waals surface area contributed by atoms with E-state index in [1.54, 1.807) is 0 Å². The SMILES string of the molecule is Cc1ccc(N(c2ccc3c(c2)C(c2ccccc2)(c2ccc(-c4ccccc4)cc2)c2cc(N(c4ccc(C)cc4)c4cc5ccccc5c5ccccc45)ccc2-3)c2cc3ccccc3c3ccccc23)cc1. The van der Waals surface area contributed by atoms with Crippen LogP contribution in [0.5, 0.6) is 0 Å². The van der Waals surface area contributed by atoms with Crippen molar-refractivity contribution in [1.82, 2.24) is 0 Å². The van der Waals surface area contributed by atoms with Crippen molar-refractivity contribution < 1.29 is 0 Å². The van der Waals surface area contributed by atoms with Crippen molar-refractivity contribution in [1.29, 1.82) is 0 Å². The molecule has 0 saturated carbocycles. The molecule has 0 unspecified atom stereocenters. The summed E-state index contributed by atoms with van der Waals surface area (Å²) in [7, 11) is 0. The average Bonchev–Trinajstić information content (AvgIpc) is 3.83. The van der Waals surface area contributed by atoms with E-state index in [1.807, 2.05) is 0 Å². The lowest BCUT2D eigenvalue weighted by Gasteiger charge is -2.36. The van der Waals surface area contributed by atoms with E-state index >= 15 is 0 Å². The highest BCUT2D eigenvalue weighted by Crippen LogP contribution is 2.59. The maximum absolute atomic E-state index is 2.51. The Labute approximate surface area is 438 Å². The summed E-state index contributed by atoms with van der Waals surface area (Å²) in [5.74, 6) is 0. The summed E-state index contributed by atoms with van der Waals surface area (Å²) in [5.41, 5.74) is 18.1. The summed E-state index contributed by atoms with van der Waals surface area (Å²) >= 11 is 0. The topological polar surface area (TPSA) is 6.48 Å². The Morgan fingerprint density at radius 1 is 0.267 bits per heavy atom. The van der Waals surface area contributed by atoms with Crippen LogP contribution in [-0.4, -0.2) is 0 Å². The molecule has 13 aromatic carbocycles. The lowest BCUT2D eigenvalue weighted by atomic mass is 9.67. The highest BCUT2D eigenvalue weighted by molar-refractivity contribution is 6.16. The van der Waals surface area contributed by atoms with Crippen LogP contribution >= 0.6 is 0 Å². The van der Waals surface area contributed by atoms with Crippen molar-refractivity contribution in [3.8, 4) is 22.3 Å². The van der Waals surface area contributed by atoms with Crippen LogP contribution in [0.2, 0.25) is 0 Å². The van der Waals surface area contributed by atoms with E-state index in [1.165, 1.54) is 98.7 Å². The Bertz CT molecular complexity index is 4070. The number of anilines is 6. The minimum absolute atomic E-state index is 0.734. The molecule has 0 aliphatic heterocycles. The van der Waals surface area contributed by atoms with E-state index in [0.29, 0.717) is 0 Å². The molecule has 1 aliphatic carbocycles. The van der Waals surface area contributed by atoms with Gasteiger partial charge >= 0.3 is 0 Å². The number of hydrogen-bond acceptors (Lipinski definition) is 2. The smallest absolute Gasteiger partial charge is 0.0715 e. The molecular weight excluding hydrogens is 905 g/mol. The average molecular weight is 957 g/mol. The van der Waals surface area contributed by atoms with E-state index in [2.05, 4.69) is 303 Å². The Kier molecular flexibility index (Phi) is 10.6. The number of rotatable bonds is 9. The summed E-state index contributed by atoms with van der Waals surface area (Å²) in [6.07, 6.45) is 0. The first-order valence-corrected chi connectivity index (χ1v) is 26.1. The van der Waals surface area contributed by atoms with Gasteiger partial charge in [-0.2, -0.15) is 0 Å². The fourth-order valence-electron chi connectivity index (χ4n) is 12.3. The first kappa shape index (κ1) is 44.2. The number of aryl methyl sites for hydroxylation is 2. The van der Waals surface area contributed by atoms with Gasteiger partial charge in [-0.1, -0.05) is 230 Å². The van der Waals surface area contributed by atoms with Gasteiger partial charge in [-0.3, -0.25) is 0 Å². The Morgan fingerprint density at radius 3 is 1.09 bits per heavy atom. The molecule has 1 aliphatic rings. The van der Waals surface area contributed by atoms with Crippen molar-refractivity contribution >= 4 is 77.2 Å². The highest BCUT2D eigenvalue weighted by atomic mass is 15.2. The van der Waals surface area contributed by atoms with Crippen molar-refractivity contribution in [3.05, 3.63) is 312 Å². The third-order valence-corrected chi connectivity index (χ3v) is 15.8. The van der Waals surface area contributed by atoms with Crippen LogP contribution in [0.15, 0.2) is 279 Å². The number of fused-ring (bicyclic) bond motifs is 9. The molecule has 0 atom stereocenters. The van der Waals surface area contributed by atoms with Gasteiger partial charge in [-0.05, 0) is 151 Å². The van der Waals surface area contributed by atoms with E-state index < -0.39 is 5.41 Å². The molecule has 0 aromatic heterocycles. The lowest BCUT2D eigenvalue weighted by molar-refractivity contribution is 0.768. The third-order valence-electron chi connectivity index (χ3n) is 15.8. The van der Waals surface area contributed by atoms with Gasteiger partial charge in [0.1, 0.15) is 0 Å².